The number of aliphatic hydroxyl groups is 4. The second-order valence-corrected chi connectivity index (χ2v) is 16.5. The Bertz CT molecular complexity index is 1480. The summed E-state index contributed by atoms with van der Waals surface area (Å²) >= 11 is 0. The minimum absolute atomic E-state index is 0.0286. The molecule has 1 aliphatic carbocycles. The zero-order chi connectivity index (χ0) is 46.9. The third-order valence-electron chi connectivity index (χ3n) is 10.6. The second-order valence-electron chi connectivity index (χ2n) is 16.5. The van der Waals surface area contributed by atoms with E-state index in [1.165, 1.54) is 116 Å². The molecule has 0 amide bonds. The average molecular weight is 879 g/mol. The predicted molar refractivity (Wildman–Crippen MR) is 254 cm³/mol. The summed E-state index contributed by atoms with van der Waals surface area (Å²) in [5.74, 6) is 1.35. The number of hydrogen-bond acceptors (Lipinski definition) is 10. The van der Waals surface area contributed by atoms with Crippen LogP contribution in [0.2, 0.25) is 0 Å². The van der Waals surface area contributed by atoms with Gasteiger partial charge in [-0.15, -0.1) is 25.5 Å². The molecule has 5 atom stereocenters. The molecule has 63 heavy (non-hydrogen) atoms. The highest BCUT2D eigenvalue weighted by atomic mass is 16.5. The molecule has 0 aromatic heterocycles. The van der Waals surface area contributed by atoms with Crippen molar-refractivity contribution in [2.24, 2.45) is 0 Å². The summed E-state index contributed by atoms with van der Waals surface area (Å²) in [5, 5.41) is 38.8. The van der Waals surface area contributed by atoms with E-state index in [9.17, 15) is 39.6 Å². The zero-order valence-corrected chi connectivity index (χ0v) is 38.8. The Hall–Kier alpha value is -4.14. The van der Waals surface area contributed by atoms with Crippen LogP contribution in [-0.2, 0) is 28.7 Å². The van der Waals surface area contributed by atoms with E-state index < -0.39 is 36.4 Å². The number of hydrogen-bond donors (Lipinski definition) is 4. The summed E-state index contributed by atoms with van der Waals surface area (Å²) in [7, 11) is 0. The smallest absolute Gasteiger partial charge is 0.302 e. The van der Waals surface area contributed by atoms with Gasteiger partial charge in [0.2, 0.25) is 0 Å². The Labute approximate surface area is 380 Å². The highest BCUT2D eigenvalue weighted by Crippen LogP contribution is 2.28. The highest BCUT2D eigenvalue weighted by molar-refractivity contribution is 6.18. The maximum atomic E-state index is 11.8. The standard InChI is InChI=1S/C19H36O4.C19H34O4.C15H12O2/c2*1-3-4-5-6-7-8-9-10-11-12-13-14-18(21)15-19(22)16-23-17(2)20;1-2-13(11-6-4-3-5-7-11)14-10-12(16)8-9-15(14)17/h3,18-19,21-22H,1,4-16H2,2H3;1,18-19,21-22H,4-16H2,2H3;2-10,13H,1H2. The van der Waals surface area contributed by atoms with Gasteiger partial charge in [-0.25, -0.2) is 0 Å². The number of ether oxygens (including phenoxy) is 2. The number of benzene rings is 1. The van der Waals surface area contributed by atoms with Gasteiger partial charge >= 0.3 is 11.9 Å². The first-order valence-electron chi connectivity index (χ1n) is 23.5. The molecule has 1 aliphatic rings. The first-order valence-corrected chi connectivity index (χ1v) is 23.5. The van der Waals surface area contributed by atoms with Crippen molar-refractivity contribution < 1.29 is 49.1 Å². The molecule has 4 N–H and O–H groups in total. The molecule has 2 rings (SSSR count). The number of rotatable bonds is 34. The zero-order valence-electron chi connectivity index (χ0n) is 38.8. The molecule has 0 fully saturated rings. The molecule has 0 saturated heterocycles. The normalized spacial score (nSPS) is 14.3. The van der Waals surface area contributed by atoms with Gasteiger partial charge < -0.3 is 29.9 Å². The molecule has 10 heteroatoms. The van der Waals surface area contributed by atoms with Gasteiger partial charge in [0, 0.05) is 44.6 Å². The largest absolute Gasteiger partial charge is 0.463 e. The molecule has 1 aromatic carbocycles. The fourth-order valence-electron chi connectivity index (χ4n) is 7.05. The summed E-state index contributed by atoms with van der Waals surface area (Å²) in [6, 6.07) is 9.55. The van der Waals surface area contributed by atoms with Crippen LogP contribution in [0.3, 0.4) is 0 Å². The number of carbonyl (C=O) groups is 4. The molecular weight excluding hydrogens is 797 g/mol. The Morgan fingerprint density at radius 1 is 0.635 bits per heavy atom. The molecule has 1 aromatic rings. The predicted octanol–water partition coefficient (Wildman–Crippen LogP) is 10.3. The fourth-order valence-corrected chi connectivity index (χ4v) is 7.05. The summed E-state index contributed by atoms with van der Waals surface area (Å²) in [5.41, 5.74) is 1.45. The Balaban J connectivity index is 0.000000925. The van der Waals surface area contributed by atoms with Crippen molar-refractivity contribution in [1.82, 2.24) is 0 Å². The lowest BCUT2D eigenvalue weighted by Crippen LogP contribution is -2.23. The molecule has 0 saturated carbocycles. The first-order chi connectivity index (χ1) is 30.3. The molecule has 10 nitrogen and oxygen atoms in total. The van der Waals surface area contributed by atoms with E-state index in [1.54, 1.807) is 6.08 Å². The van der Waals surface area contributed by atoms with Gasteiger partial charge in [-0.3, -0.25) is 19.2 Å². The molecule has 354 valence electrons. The van der Waals surface area contributed by atoms with Gasteiger partial charge in [0.25, 0.3) is 0 Å². The maximum absolute atomic E-state index is 11.8. The third kappa shape index (κ3) is 36.0. The van der Waals surface area contributed by atoms with Crippen LogP contribution < -0.4 is 0 Å². The molecule has 0 spiro atoms. The van der Waals surface area contributed by atoms with Crippen molar-refractivity contribution >= 4 is 23.5 Å². The lowest BCUT2D eigenvalue weighted by Gasteiger charge is -2.16. The van der Waals surface area contributed by atoms with Crippen molar-refractivity contribution in [2.75, 3.05) is 13.2 Å². The topological polar surface area (TPSA) is 168 Å². The van der Waals surface area contributed by atoms with Crippen LogP contribution >= 0.6 is 0 Å². The fraction of sp³-hybridized carbons (Fsp3) is 0.623. The van der Waals surface area contributed by atoms with Gasteiger partial charge in [-0.2, -0.15) is 0 Å². The van der Waals surface area contributed by atoms with E-state index >= 15 is 0 Å². The number of ketones is 2. The maximum Gasteiger partial charge on any atom is 0.302 e. The monoisotopic (exact) mass is 879 g/mol. The van der Waals surface area contributed by atoms with E-state index in [2.05, 4.69) is 19.1 Å². The van der Waals surface area contributed by atoms with E-state index in [0.717, 1.165) is 50.5 Å². The third-order valence-corrected chi connectivity index (χ3v) is 10.6. The summed E-state index contributed by atoms with van der Waals surface area (Å²) in [4.78, 5) is 44.3. The number of unbranched alkanes of at least 4 members (excludes halogenated alkanes) is 18. The van der Waals surface area contributed by atoms with Crippen molar-refractivity contribution in [3.8, 4) is 12.3 Å². The number of aliphatic hydroxyl groups excluding tert-OH is 4. The number of terminal acetylenes is 1. The minimum Gasteiger partial charge on any atom is -0.463 e. The van der Waals surface area contributed by atoms with Crippen LogP contribution in [0.4, 0.5) is 0 Å². The lowest BCUT2D eigenvalue weighted by molar-refractivity contribution is -0.145. The van der Waals surface area contributed by atoms with Gasteiger partial charge in [-0.05, 0) is 55.9 Å². The first kappa shape index (κ1) is 58.9. The van der Waals surface area contributed by atoms with Crippen LogP contribution in [0.1, 0.15) is 179 Å². The molecule has 0 radical (unpaired) electrons. The van der Waals surface area contributed by atoms with Gasteiger partial charge in [-0.1, -0.05) is 145 Å². The van der Waals surface area contributed by atoms with Crippen LogP contribution in [-0.4, -0.2) is 81.6 Å². The molecule has 5 unspecified atom stereocenters. The molecule has 0 bridgehead atoms. The number of allylic oxidation sites excluding steroid dienone is 6. The summed E-state index contributed by atoms with van der Waals surface area (Å²) < 4.78 is 9.42. The molecular formula is C53H82O10. The van der Waals surface area contributed by atoms with Crippen molar-refractivity contribution in [3.63, 3.8) is 0 Å². The molecule has 0 heterocycles. The van der Waals surface area contributed by atoms with Crippen LogP contribution in [0.5, 0.6) is 0 Å². The Morgan fingerprint density at radius 2 is 1.06 bits per heavy atom. The van der Waals surface area contributed by atoms with E-state index in [-0.39, 0.29) is 43.5 Å². The highest BCUT2D eigenvalue weighted by Gasteiger charge is 2.22. The lowest BCUT2D eigenvalue weighted by atomic mass is 9.86. The van der Waals surface area contributed by atoms with E-state index in [0.29, 0.717) is 18.4 Å². The quantitative estimate of drug-likeness (QED) is 0.0172. The Morgan fingerprint density at radius 3 is 1.48 bits per heavy atom. The van der Waals surface area contributed by atoms with Crippen LogP contribution in [0.25, 0.3) is 0 Å². The van der Waals surface area contributed by atoms with Crippen molar-refractivity contribution in [3.05, 3.63) is 85.0 Å². The average Bonchev–Trinajstić information content (AvgIpc) is 3.25. The number of esters is 2. The van der Waals surface area contributed by atoms with Crippen molar-refractivity contribution in [2.45, 2.75) is 198 Å². The van der Waals surface area contributed by atoms with Crippen molar-refractivity contribution in [1.29, 1.82) is 0 Å². The van der Waals surface area contributed by atoms with Gasteiger partial charge in [0.1, 0.15) is 13.2 Å². The minimum atomic E-state index is -0.775. The molecule has 0 aliphatic heterocycles. The summed E-state index contributed by atoms with van der Waals surface area (Å²) in [6.45, 7) is 10.0. The SMILES string of the molecule is C#CCCCCCCCCCCCC(O)CC(O)COC(C)=O.C=CC(C1=CC(=O)C=CC1=O)c1ccccc1.C=CCCCCCCCCCCCC(O)CC(O)COC(C)=O. The van der Waals surface area contributed by atoms with Gasteiger partial charge in [0.05, 0.1) is 24.4 Å². The van der Waals surface area contributed by atoms with Crippen LogP contribution in [0, 0.1) is 12.3 Å². The second kappa shape index (κ2) is 40.6. The summed E-state index contributed by atoms with van der Waals surface area (Å²) in [6.07, 6.45) is 36.2. The van der Waals surface area contributed by atoms with Gasteiger partial charge in [0.15, 0.2) is 11.6 Å². The number of carbonyl (C=O) groups excluding carboxylic acids is 4. The van der Waals surface area contributed by atoms with Crippen LogP contribution in [0.15, 0.2) is 79.4 Å². The Kier molecular flexibility index (Phi) is 38.0. The van der Waals surface area contributed by atoms with E-state index in [4.69, 9.17) is 15.9 Å². The van der Waals surface area contributed by atoms with E-state index in [1.807, 2.05) is 36.4 Å².